The number of ether oxygens (including phenoxy) is 1. The van der Waals surface area contributed by atoms with Crippen LogP contribution in [0.2, 0.25) is 0 Å². The summed E-state index contributed by atoms with van der Waals surface area (Å²) in [6, 6.07) is 18.8. The number of benzene rings is 3. The van der Waals surface area contributed by atoms with Crippen molar-refractivity contribution in [2.75, 3.05) is 36.5 Å². The molecule has 5 rings (SSSR count). The minimum atomic E-state index is -0.323. The van der Waals surface area contributed by atoms with Crippen LogP contribution >= 0.6 is 0 Å². The lowest BCUT2D eigenvalue weighted by Crippen LogP contribution is -2.36. The van der Waals surface area contributed by atoms with Gasteiger partial charge in [0.1, 0.15) is 5.82 Å². The summed E-state index contributed by atoms with van der Waals surface area (Å²) in [4.78, 5) is 30.3. The number of nitrogens with one attached hydrogen (secondary N) is 2. The fourth-order valence-electron chi connectivity index (χ4n) is 4.01. The molecule has 4 aromatic rings. The number of halogens is 1. The third-order valence-corrected chi connectivity index (χ3v) is 5.79. The van der Waals surface area contributed by atoms with Gasteiger partial charge in [0.15, 0.2) is 0 Å². The van der Waals surface area contributed by atoms with Gasteiger partial charge in [-0.25, -0.2) is 9.18 Å². The van der Waals surface area contributed by atoms with Gasteiger partial charge >= 0.3 is 5.69 Å². The van der Waals surface area contributed by atoms with E-state index >= 15 is 0 Å². The number of H-pyrrole nitrogens is 1. The standard InChI is InChI=1S/C25H23FN4O3/c26-19-4-1-17(2-5-19)16-30-23-10-3-18(15-22(23)28-25(30)32)24(31)27-20-6-8-21(9-7-20)29-11-13-33-14-12-29/h1-10,15H,11-14,16H2,(H,27,31)(H,28,32). The molecule has 0 spiro atoms. The Bertz CT molecular complexity index is 1340. The number of anilines is 2. The molecule has 0 aliphatic carbocycles. The molecular weight excluding hydrogens is 423 g/mol. The van der Waals surface area contributed by atoms with Gasteiger partial charge in [-0.05, 0) is 60.2 Å². The van der Waals surface area contributed by atoms with Gasteiger partial charge in [0.25, 0.3) is 5.91 Å². The van der Waals surface area contributed by atoms with E-state index in [9.17, 15) is 14.0 Å². The van der Waals surface area contributed by atoms with Crippen molar-refractivity contribution in [2.45, 2.75) is 6.54 Å². The molecule has 1 aliphatic rings. The number of carbonyl (C=O) groups excluding carboxylic acids is 1. The fraction of sp³-hybridized carbons (Fsp3) is 0.200. The summed E-state index contributed by atoms with van der Waals surface area (Å²) in [5.41, 5.74) is 3.99. The van der Waals surface area contributed by atoms with Crippen molar-refractivity contribution < 1.29 is 13.9 Å². The zero-order valence-corrected chi connectivity index (χ0v) is 17.9. The smallest absolute Gasteiger partial charge is 0.326 e. The maximum absolute atomic E-state index is 13.2. The monoisotopic (exact) mass is 446 g/mol. The van der Waals surface area contributed by atoms with Crippen molar-refractivity contribution in [2.24, 2.45) is 0 Å². The first-order valence-corrected chi connectivity index (χ1v) is 10.8. The molecule has 1 fully saturated rings. The third kappa shape index (κ3) is 4.51. The van der Waals surface area contributed by atoms with Gasteiger partial charge in [-0.1, -0.05) is 12.1 Å². The summed E-state index contributed by atoms with van der Waals surface area (Å²) in [5, 5.41) is 2.90. The Morgan fingerprint density at radius 1 is 1.00 bits per heavy atom. The van der Waals surface area contributed by atoms with E-state index in [1.807, 2.05) is 24.3 Å². The quantitative estimate of drug-likeness (QED) is 0.491. The van der Waals surface area contributed by atoms with E-state index in [0.29, 0.717) is 42.0 Å². The molecule has 2 heterocycles. The molecule has 0 radical (unpaired) electrons. The van der Waals surface area contributed by atoms with Crippen LogP contribution in [-0.2, 0) is 11.3 Å². The zero-order valence-electron chi connectivity index (χ0n) is 17.9. The van der Waals surface area contributed by atoms with Crippen molar-refractivity contribution in [3.63, 3.8) is 0 Å². The second-order valence-electron chi connectivity index (χ2n) is 7.98. The summed E-state index contributed by atoms with van der Waals surface area (Å²) < 4.78 is 20.1. The van der Waals surface area contributed by atoms with Crippen molar-refractivity contribution in [3.05, 3.63) is 94.2 Å². The van der Waals surface area contributed by atoms with Gasteiger partial charge in [0.2, 0.25) is 0 Å². The Hall–Kier alpha value is -3.91. The van der Waals surface area contributed by atoms with Crippen molar-refractivity contribution in [1.82, 2.24) is 9.55 Å². The number of fused-ring (bicyclic) bond motifs is 1. The van der Waals surface area contributed by atoms with Crippen molar-refractivity contribution in [1.29, 1.82) is 0 Å². The van der Waals surface area contributed by atoms with Crippen LogP contribution in [-0.4, -0.2) is 41.8 Å². The minimum Gasteiger partial charge on any atom is -0.378 e. The molecule has 0 atom stereocenters. The molecule has 1 aromatic heterocycles. The van der Waals surface area contributed by atoms with Crippen molar-refractivity contribution in [3.8, 4) is 0 Å². The Kier molecular flexibility index (Phi) is 5.66. The summed E-state index contributed by atoms with van der Waals surface area (Å²) in [6.07, 6.45) is 0. The number of morpholine rings is 1. The summed E-state index contributed by atoms with van der Waals surface area (Å²) >= 11 is 0. The highest BCUT2D eigenvalue weighted by Gasteiger charge is 2.14. The van der Waals surface area contributed by atoms with E-state index in [2.05, 4.69) is 15.2 Å². The first-order valence-electron chi connectivity index (χ1n) is 10.8. The summed E-state index contributed by atoms with van der Waals surface area (Å²) in [6.45, 7) is 3.44. The number of carbonyl (C=O) groups is 1. The molecule has 7 nitrogen and oxygen atoms in total. The maximum Gasteiger partial charge on any atom is 0.326 e. The zero-order chi connectivity index (χ0) is 22.8. The summed E-state index contributed by atoms with van der Waals surface area (Å²) in [7, 11) is 0. The molecule has 33 heavy (non-hydrogen) atoms. The molecule has 0 unspecified atom stereocenters. The second kappa shape index (κ2) is 8.91. The Morgan fingerprint density at radius 3 is 2.45 bits per heavy atom. The highest BCUT2D eigenvalue weighted by Crippen LogP contribution is 2.20. The lowest BCUT2D eigenvalue weighted by atomic mass is 10.1. The van der Waals surface area contributed by atoms with Crippen LogP contribution in [0.4, 0.5) is 15.8 Å². The molecular formula is C25H23FN4O3. The molecule has 168 valence electrons. The lowest BCUT2D eigenvalue weighted by molar-refractivity contribution is 0.102. The average Bonchev–Trinajstić information content (AvgIpc) is 3.15. The van der Waals surface area contributed by atoms with E-state index in [4.69, 9.17) is 4.74 Å². The number of aromatic amines is 1. The first kappa shape index (κ1) is 21.0. The lowest BCUT2D eigenvalue weighted by Gasteiger charge is -2.28. The predicted octanol–water partition coefficient (Wildman–Crippen LogP) is 3.61. The van der Waals surface area contributed by atoms with Gasteiger partial charge in [0.05, 0.1) is 30.8 Å². The molecule has 2 N–H and O–H groups in total. The third-order valence-electron chi connectivity index (χ3n) is 5.79. The molecule has 1 aliphatic heterocycles. The number of amides is 1. The van der Waals surface area contributed by atoms with Gasteiger partial charge < -0.3 is 19.9 Å². The van der Waals surface area contributed by atoms with E-state index in [0.717, 1.165) is 24.3 Å². The highest BCUT2D eigenvalue weighted by atomic mass is 19.1. The Morgan fingerprint density at radius 2 is 1.73 bits per heavy atom. The molecule has 3 aromatic carbocycles. The van der Waals surface area contributed by atoms with Crippen LogP contribution < -0.4 is 15.9 Å². The van der Waals surface area contributed by atoms with Crippen LogP contribution in [0.25, 0.3) is 11.0 Å². The minimum absolute atomic E-state index is 0.261. The normalized spacial score (nSPS) is 13.9. The Labute approximate surface area is 189 Å². The van der Waals surface area contributed by atoms with E-state index < -0.39 is 0 Å². The van der Waals surface area contributed by atoms with E-state index in [1.165, 1.54) is 12.1 Å². The van der Waals surface area contributed by atoms with Crippen LogP contribution in [0, 0.1) is 5.82 Å². The van der Waals surface area contributed by atoms with Gasteiger partial charge in [0, 0.05) is 30.0 Å². The van der Waals surface area contributed by atoms with Crippen LogP contribution in [0.15, 0.2) is 71.5 Å². The molecule has 1 saturated heterocycles. The number of aromatic nitrogens is 2. The maximum atomic E-state index is 13.2. The molecule has 8 heteroatoms. The first-order chi connectivity index (χ1) is 16.1. The number of imidazole rings is 1. The number of hydrogen-bond acceptors (Lipinski definition) is 4. The molecule has 0 saturated carbocycles. The van der Waals surface area contributed by atoms with Crippen LogP contribution in [0.5, 0.6) is 0 Å². The van der Waals surface area contributed by atoms with Gasteiger partial charge in [-0.2, -0.15) is 0 Å². The molecule has 0 bridgehead atoms. The second-order valence-corrected chi connectivity index (χ2v) is 7.98. The Balaban J connectivity index is 1.32. The van der Waals surface area contributed by atoms with E-state index in [1.54, 1.807) is 34.9 Å². The topological polar surface area (TPSA) is 79.4 Å². The fourth-order valence-corrected chi connectivity index (χ4v) is 4.01. The van der Waals surface area contributed by atoms with Crippen LogP contribution in [0.1, 0.15) is 15.9 Å². The molecule has 1 amide bonds. The largest absolute Gasteiger partial charge is 0.378 e. The van der Waals surface area contributed by atoms with Gasteiger partial charge in [-0.15, -0.1) is 0 Å². The SMILES string of the molecule is O=C(Nc1ccc(N2CCOCC2)cc1)c1ccc2c(c1)[nH]c(=O)n2Cc1ccc(F)cc1. The number of nitrogens with zero attached hydrogens (tertiary/aromatic N) is 2. The van der Waals surface area contributed by atoms with Gasteiger partial charge in [-0.3, -0.25) is 9.36 Å². The van der Waals surface area contributed by atoms with Crippen LogP contribution in [0.3, 0.4) is 0 Å². The number of rotatable bonds is 5. The number of hydrogen-bond donors (Lipinski definition) is 2. The predicted molar refractivity (Wildman–Crippen MR) is 125 cm³/mol. The van der Waals surface area contributed by atoms with Crippen molar-refractivity contribution >= 4 is 28.3 Å². The van der Waals surface area contributed by atoms with E-state index in [-0.39, 0.29) is 17.4 Å². The summed E-state index contributed by atoms with van der Waals surface area (Å²) in [5.74, 6) is -0.584. The average molecular weight is 446 g/mol. The highest BCUT2D eigenvalue weighted by molar-refractivity contribution is 6.06.